The Morgan fingerprint density at radius 3 is 2.53 bits per heavy atom. The van der Waals surface area contributed by atoms with Crippen molar-refractivity contribution in [2.75, 3.05) is 13.7 Å². The number of nitro benzene ring substituents is 1. The Balaban J connectivity index is 1.68. The number of methoxy groups -OCH3 is 1. The van der Waals surface area contributed by atoms with Gasteiger partial charge in [0.1, 0.15) is 12.3 Å². The molecule has 1 heterocycles. The molecule has 0 fully saturated rings. The first-order valence-electron chi connectivity index (χ1n) is 9.09. The molecular weight excluding hydrogens is 388 g/mol. The fourth-order valence-electron chi connectivity index (χ4n) is 2.77. The molecule has 1 amide bonds. The van der Waals surface area contributed by atoms with Crippen LogP contribution in [0.2, 0.25) is 0 Å². The second-order valence-electron chi connectivity index (χ2n) is 6.40. The third-order valence-electron chi connectivity index (χ3n) is 4.35. The first-order valence-corrected chi connectivity index (χ1v) is 9.09. The molecule has 0 aliphatic carbocycles. The van der Waals surface area contributed by atoms with E-state index in [1.165, 1.54) is 17.0 Å². The summed E-state index contributed by atoms with van der Waals surface area (Å²) in [6, 6.07) is 13.1. The van der Waals surface area contributed by atoms with Crippen molar-refractivity contribution >= 4 is 11.6 Å². The zero-order valence-corrected chi connectivity index (χ0v) is 16.4. The van der Waals surface area contributed by atoms with Gasteiger partial charge >= 0.3 is 0 Å². The summed E-state index contributed by atoms with van der Waals surface area (Å²) >= 11 is 0. The SMILES string of the molecule is C=CCN(Cc1nc(-c2ccc(OC)cc2)no1)C(=O)Cc1ccc([N+](=O)[O-])cc1. The number of amides is 1. The molecule has 154 valence electrons. The van der Waals surface area contributed by atoms with Crippen LogP contribution in [0.5, 0.6) is 5.75 Å². The van der Waals surface area contributed by atoms with E-state index in [0.29, 0.717) is 23.8 Å². The van der Waals surface area contributed by atoms with Gasteiger partial charge in [0.2, 0.25) is 17.6 Å². The number of aromatic nitrogens is 2. The lowest BCUT2D eigenvalue weighted by Crippen LogP contribution is -2.32. The second kappa shape index (κ2) is 9.46. The molecule has 0 saturated heterocycles. The van der Waals surface area contributed by atoms with Crippen LogP contribution in [0.1, 0.15) is 11.5 Å². The molecule has 1 aromatic heterocycles. The molecule has 0 N–H and O–H groups in total. The molecule has 2 aromatic carbocycles. The minimum absolute atomic E-state index is 0.0222. The maximum Gasteiger partial charge on any atom is 0.269 e. The number of ether oxygens (including phenoxy) is 1. The Morgan fingerprint density at radius 2 is 1.93 bits per heavy atom. The number of carbonyl (C=O) groups excluding carboxylic acids is 1. The van der Waals surface area contributed by atoms with Crippen molar-refractivity contribution in [1.29, 1.82) is 0 Å². The Morgan fingerprint density at radius 1 is 1.23 bits per heavy atom. The van der Waals surface area contributed by atoms with Gasteiger partial charge in [-0.05, 0) is 29.8 Å². The van der Waals surface area contributed by atoms with E-state index in [1.54, 1.807) is 37.5 Å². The Hall–Kier alpha value is -4.01. The van der Waals surface area contributed by atoms with E-state index in [1.807, 2.05) is 12.1 Å². The number of rotatable bonds is 9. The molecule has 0 aliphatic rings. The first kappa shape index (κ1) is 20.7. The summed E-state index contributed by atoms with van der Waals surface area (Å²) in [4.78, 5) is 28.9. The molecule has 30 heavy (non-hydrogen) atoms. The molecule has 0 radical (unpaired) electrons. The predicted octanol–water partition coefficient (Wildman–Crippen LogP) is 3.41. The topological polar surface area (TPSA) is 112 Å². The van der Waals surface area contributed by atoms with Crippen molar-refractivity contribution in [1.82, 2.24) is 15.0 Å². The zero-order valence-electron chi connectivity index (χ0n) is 16.4. The highest BCUT2D eigenvalue weighted by Crippen LogP contribution is 2.20. The van der Waals surface area contributed by atoms with E-state index in [9.17, 15) is 14.9 Å². The van der Waals surface area contributed by atoms with Crippen LogP contribution in [0.15, 0.2) is 65.7 Å². The molecule has 9 nitrogen and oxygen atoms in total. The standard InChI is InChI=1S/C21H20N4O5/c1-3-12-24(20(26)13-15-4-8-17(9-5-15)25(27)28)14-19-22-21(23-30-19)16-6-10-18(29-2)11-7-16/h3-11H,1,12-14H2,2H3. The van der Waals surface area contributed by atoms with E-state index in [2.05, 4.69) is 16.7 Å². The van der Waals surface area contributed by atoms with Gasteiger partial charge in [0.25, 0.3) is 5.69 Å². The highest BCUT2D eigenvalue weighted by molar-refractivity contribution is 5.79. The molecule has 9 heteroatoms. The van der Waals surface area contributed by atoms with Crippen LogP contribution in [0.25, 0.3) is 11.4 Å². The van der Waals surface area contributed by atoms with Crippen LogP contribution in [0.3, 0.4) is 0 Å². The van der Waals surface area contributed by atoms with Gasteiger partial charge in [-0.15, -0.1) is 6.58 Å². The van der Waals surface area contributed by atoms with Crippen LogP contribution < -0.4 is 4.74 Å². The van der Waals surface area contributed by atoms with Gasteiger partial charge in [-0.1, -0.05) is 23.4 Å². The maximum absolute atomic E-state index is 12.7. The zero-order chi connectivity index (χ0) is 21.5. The molecule has 0 unspecified atom stereocenters. The van der Waals surface area contributed by atoms with E-state index >= 15 is 0 Å². The number of hydrogen-bond donors (Lipinski definition) is 0. The van der Waals surface area contributed by atoms with Crippen molar-refractivity contribution < 1.29 is 19.0 Å². The minimum atomic E-state index is -0.481. The average Bonchev–Trinajstić information content (AvgIpc) is 3.22. The summed E-state index contributed by atoms with van der Waals surface area (Å²) in [7, 11) is 1.59. The van der Waals surface area contributed by atoms with Crippen molar-refractivity contribution in [3.05, 3.63) is 82.8 Å². The van der Waals surface area contributed by atoms with Gasteiger partial charge in [0, 0.05) is 24.2 Å². The van der Waals surface area contributed by atoms with Crippen molar-refractivity contribution in [3.8, 4) is 17.1 Å². The van der Waals surface area contributed by atoms with Gasteiger partial charge in [0.15, 0.2) is 0 Å². The molecule has 3 aromatic rings. The first-order chi connectivity index (χ1) is 14.5. The molecule has 0 spiro atoms. The smallest absolute Gasteiger partial charge is 0.269 e. The summed E-state index contributed by atoms with van der Waals surface area (Å²) in [6.07, 6.45) is 1.69. The third-order valence-corrected chi connectivity index (χ3v) is 4.35. The number of carbonyl (C=O) groups is 1. The summed E-state index contributed by atoms with van der Waals surface area (Å²) in [5.41, 5.74) is 1.41. The maximum atomic E-state index is 12.7. The highest BCUT2D eigenvalue weighted by atomic mass is 16.6. The lowest BCUT2D eigenvalue weighted by molar-refractivity contribution is -0.384. The van der Waals surface area contributed by atoms with E-state index in [4.69, 9.17) is 9.26 Å². The summed E-state index contributed by atoms with van der Waals surface area (Å²) < 4.78 is 10.4. The van der Waals surface area contributed by atoms with Crippen LogP contribution in [0.4, 0.5) is 5.69 Å². The number of benzene rings is 2. The van der Waals surface area contributed by atoms with Crippen LogP contribution in [0, 0.1) is 10.1 Å². The molecule has 3 rings (SSSR count). The van der Waals surface area contributed by atoms with Gasteiger partial charge in [-0.2, -0.15) is 4.98 Å². The summed E-state index contributed by atoms with van der Waals surface area (Å²) in [6.45, 7) is 4.11. The average molecular weight is 408 g/mol. The Labute approximate surface area is 172 Å². The number of nitrogens with zero attached hydrogens (tertiary/aromatic N) is 4. The fraction of sp³-hybridized carbons (Fsp3) is 0.190. The largest absolute Gasteiger partial charge is 0.497 e. The van der Waals surface area contributed by atoms with Gasteiger partial charge in [-0.25, -0.2) is 0 Å². The molecule has 0 aliphatic heterocycles. The minimum Gasteiger partial charge on any atom is -0.497 e. The number of nitro groups is 1. The van der Waals surface area contributed by atoms with E-state index in [-0.39, 0.29) is 24.6 Å². The molecular formula is C21H20N4O5. The van der Waals surface area contributed by atoms with Crippen molar-refractivity contribution in [2.24, 2.45) is 0 Å². The van der Waals surface area contributed by atoms with Gasteiger partial charge in [-0.3, -0.25) is 14.9 Å². The van der Waals surface area contributed by atoms with Gasteiger partial charge < -0.3 is 14.2 Å². The predicted molar refractivity (Wildman–Crippen MR) is 109 cm³/mol. The summed E-state index contributed by atoms with van der Waals surface area (Å²) in [5.74, 6) is 1.23. The number of non-ortho nitro benzene ring substituents is 1. The number of hydrogen-bond acceptors (Lipinski definition) is 7. The van der Waals surface area contributed by atoms with Gasteiger partial charge in [0.05, 0.1) is 18.5 Å². The van der Waals surface area contributed by atoms with Crippen LogP contribution in [-0.4, -0.2) is 39.5 Å². The van der Waals surface area contributed by atoms with Crippen LogP contribution >= 0.6 is 0 Å². The monoisotopic (exact) mass is 408 g/mol. The lowest BCUT2D eigenvalue weighted by Gasteiger charge is -2.19. The van der Waals surface area contributed by atoms with Crippen molar-refractivity contribution in [2.45, 2.75) is 13.0 Å². The molecule has 0 saturated carbocycles. The highest BCUT2D eigenvalue weighted by Gasteiger charge is 2.18. The summed E-state index contributed by atoms with van der Waals surface area (Å²) in [5, 5.41) is 14.7. The molecule has 0 bridgehead atoms. The molecule has 0 atom stereocenters. The normalized spacial score (nSPS) is 10.4. The fourth-order valence-corrected chi connectivity index (χ4v) is 2.77. The van der Waals surface area contributed by atoms with Crippen molar-refractivity contribution in [3.63, 3.8) is 0 Å². The Bertz CT molecular complexity index is 1030. The van der Waals surface area contributed by atoms with E-state index in [0.717, 1.165) is 11.3 Å². The Kier molecular flexibility index (Phi) is 6.53. The third kappa shape index (κ3) is 5.07. The second-order valence-corrected chi connectivity index (χ2v) is 6.40. The van der Waals surface area contributed by atoms with Crippen LogP contribution in [-0.2, 0) is 17.8 Å². The van der Waals surface area contributed by atoms with E-state index < -0.39 is 4.92 Å². The quantitative estimate of drug-likeness (QED) is 0.303. The lowest BCUT2D eigenvalue weighted by atomic mass is 10.1.